The maximum Gasteiger partial charge on any atom is 0.252 e. The van der Waals surface area contributed by atoms with E-state index in [1.165, 1.54) is 89.5 Å². The standard InChI is InChI=1S/C68H79BN4/c1-42-31-59-61-60(32-42)72(52-37-48(67(14,15)16)34-49(38-52)68(17,18)19)57-41-55-58(73(50-23-21-20-22-24-50)62(70-55)43-25-27-44(28-26-43)63(2,3)4)40-54(57)69(61)53-39-45(64(5,6)7)29-30-56(53)71(59)51-35-46(65(8,9)10)33-47(36-51)66(11,12)13/h20-41H,1-19H3. The van der Waals surface area contributed by atoms with E-state index in [9.17, 15) is 0 Å². The number of fused-ring (bicyclic) bond motifs is 5. The lowest BCUT2D eigenvalue weighted by Gasteiger charge is -2.45. The van der Waals surface area contributed by atoms with Gasteiger partial charge in [0.2, 0.25) is 0 Å². The van der Waals surface area contributed by atoms with Gasteiger partial charge in [-0.05, 0) is 161 Å². The lowest BCUT2D eigenvalue weighted by molar-refractivity contribution is 0.568. The first kappa shape index (κ1) is 50.2. The van der Waals surface area contributed by atoms with Gasteiger partial charge in [0.05, 0.1) is 11.0 Å². The molecule has 10 rings (SSSR count). The maximum atomic E-state index is 5.68. The zero-order valence-electron chi connectivity index (χ0n) is 47.6. The molecule has 0 saturated heterocycles. The van der Waals surface area contributed by atoms with E-state index >= 15 is 0 Å². The van der Waals surface area contributed by atoms with Crippen molar-refractivity contribution in [3.8, 4) is 17.1 Å². The number of anilines is 6. The van der Waals surface area contributed by atoms with E-state index in [0.29, 0.717) is 0 Å². The zero-order valence-corrected chi connectivity index (χ0v) is 47.6. The molecule has 5 heteroatoms. The van der Waals surface area contributed by atoms with Gasteiger partial charge >= 0.3 is 0 Å². The molecular weight excluding hydrogens is 884 g/mol. The number of imidazole rings is 1. The molecule has 4 nitrogen and oxygen atoms in total. The van der Waals surface area contributed by atoms with Gasteiger partial charge in [-0.25, -0.2) is 4.98 Å². The van der Waals surface area contributed by atoms with Crippen LogP contribution in [0.5, 0.6) is 0 Å². The number of benzene rings is 7. The molecule has 73 heavy (non-hydrogen) atoms. The SMILES string of the molecule is Cc1cc2c3c(c1)N(c1cc(C(C)(C)C)cc(C(C)(C)C)c1)c1cc4nc(-c5ccc(C(C)(C)C)cc5)n(-c5ccccc5)c4cc1B3c1cc(C(C)(C)C)ccc1N2c1cc(C(C)(C)C)cc(C(C)(C)C)c1. The molecule has 0 unspecified atom stereocenters. The van der Waals surface area contributed by atoms with E-state index in [1.807, 2.05) is 0 Å². The van der Waals surface area contributed by atoms with Crippen LogP contribution < -0.4 is 26.2 Å². The molecule has 0 fully saturated rings. The second kappa shape index (κ2) is 16.9. The van der Waals surface area contributed by atoms with Crippen molar-refractivity contribution in [2.24, 2.45) is 0 Å². The van der Waals surface area contributed by atoms with Crippen LogP contribution in [0.25, 0.3) is 28.1 Å². The number of hydrogen-bond donors (Lipinski definition) is 0. The smallest absolute Gasteiger partial charge is 0.252 e. The molecule has 8 aromatic rings. The number of aryl methyl sites for hydroxylation is 1. The van der Waals surface area contributed by atoms with Crippen molar-refractivity contribution >= 4 is 68.3 Å². The van der Waals surface area contributed by atoms with Crippen molar-refractivity contribution in [3.05, 3.63) is 172 Å². The Balaban J connectivity index is 1.37. The van der Waals surface area contributed by atoms with Crippen molar-refractivity contribution < 1.29 is 0 Å². The molecule has 2 aliphatic rings. The van der Waals surface area contributed by atoms with E-state index in [-0.39, 0.29) is 39.2 Å². The highest BCUT2D eigenvalue weighted by atomic mass is 15.2. The third-order valence-electron chi connectivity index (χ3n) is 15.7. The lowest BCUT2D eigenvalue weighted by Crippen LogP contribution is -2.61. The first-order valence-corrected chi connectivity index (χ1v) is 26.8. The van der Waals surface area contributed by atoms with Crippen LogP contribution in [0.3, 0.4) is 0 Å². The predicted octanol–water partition coefficient (Wildman–Crippen LogP) is 16.9. The van der Waals surface area contributed by atoms with E-state index in [0.717, 1.165) is 28.1 Å². The fourth-order valence-electron chi connectivity index (χ4n) is 11.1. The summed E-state index contributed by atoms with van der Waals surface area (Å²) in [5.74, 6) is 0.938. The molecule has 7 aromatic carbocycles. The molecule has 1 aromatic heterocycles. The van der Waals surface area contributed by atoms with Gasteiger partial charge < -0.3 is 9.80 Å². The van der Waals surface area contributed by atoms with Crippen molar-refractivity contribution in [2.45, 2.75) is 164 Å². The van der Waals surface area contributed by atoms with Gasteiger partial charge in [-0.1, -0.05) is 191 Å². The van der Waals surface area contributed by atoms with Crippen molar-refractivity contribution in [1.82, 2.24) is 9.55 Å². The van der Waals surface area contributed by atoms with Gasteiger partial charge in [0.15, 0.2) is 0 Å². The third kappa shape index (κ3) is 8.93. The summed E-state index contributed by atoms with van der Waals surface area (Å²) in [7, 11) is 0. The van der Waals surface area contributed by atoms with Crippen LogP contribution in [0.15, 0.2) is 133 Å². The molecule has 0 atom stereocenters. The summed E-state index contributed by atoms with van der Waals surface area (Å²) < 4.78 is 2.41. The minimum atomic E-state index is -0.0824. The van der Waals surface area contributed by atoms with Gasteiger partial charge in [0, 0.05) is 45.4 Å². The summed E-state index contributed by atoms with van der Waals surface area (Å²) >= 11 is 0. The summed E-state index contributed by atoms with van der Waals surface area (Å²) in [6.45, 7) is 44.3. The first-order chi connectivity index (χ1) is 33.9. The molecule has 0 bridgehead atoms. The minimum Gasteiger partial charge on any atom is -0.311 e. The molecule has 3 heterocycles. The van der Waals surface area contributed by atoms with Gasteiger partial charge in [0.1, 0.15) is 5.82 Å². The lowest BCUT2D eigenvalue weighted by atomic mass is 9.33. The second-order valence-electron chi connectivity index (χ2n) is 27.7. The fraction of sp³-hybridized carbons (Fsp3) is 0.368. The Morgan fingerprint density at radius 3 is 1.27 bits per heavy atom. The van der Waals surface area contributed by atoms with Gasteiger partial charge in [-0.3, -0.25) is 4.57 Å². The summed E-state index contributed by atoms with van der Waals surface area (Å²) in [6, 6.07) is 52.0. The van der Waals surface area contributed by atoms with E-state index in [4.69, 9.17) is 4.98 Å². The molecule has 0 saturated carbocycles. The Kier molecular flexibility index (Phi) is 11.6. The second-order valence-corrected chi connectivity index (χ2v) is 27.7. The summed E-state index contributed by atoms with van der Waals surface area (Å²) in [4.78, 5) is 10.9. The molecule has 0 N–H and O–H groups in total. The first-order valence-electron chi connectivity index (χ1n) is 26.8. The Hall–Kier alpha value is -6.33. The topological polar surface area (TPSA) is 24.3 Å². The highest BCUT2D eigenvalue weighted by Crippen LogP contribution is 2.49. The number of aromatic nitrogens is 2. The van der Waals surface area contributed by atoms with Crippen LogP contribution in [0, 0.1) is 6.92 Å². The average molecular weight is 963 g/mol. The summed E-state index contributed by atoms with van der Waals surface area (Å²) in [5, 5.41) is 0. The molecular formula is C68H79BN4. The number of rotatable bonds is 4. The van der Waals surface area contributed by atoms with Crippen LogP contribution in [-0.4, -0.2) is 16.3 Å². The van der Waals surface area contributed by atoms with Crippen LogP contribution in [0.4, 0.5) is 34.1 Å². The summed E-state index contributed by atoms with van der Waals surface area (Å²) in [6.07, 6.45) is 0. The normalized spacial score (nSPS) is 14.2. The molecule has 0 radical (unpaired) electrons. The van der Waals surface area contributed by atoms with E-state index in [1.54, 1.807) is 0 Å². The van der Waals surface area contributed by atoms with Crippen molar-refractivity contribution in [3.63, 3.8) is 0 Å². The predicted molar refractivity (Wildman–Crippen MR) is 317 cm³/mol. The fourth-order valence-corrected chi connectivity index (χ4v) is 11.1. The van der Waals surface area contributed by atoms with E-state index in [2.05, 4.69) is 279 Å². The Morgan fingerprint density at radius 2 is 0.808 bits per heavy atom. The van der Waals surface area contributed by atoms with Gasteiger partial charge in [0.25, 0.3) is 6.71 Å². The number of nitrogens with zero attached hydrogens (tertiary/aromatic N) is 4. The van der Waals surface area contributed by atoms with Crippen molar-refractivity contribution in [1.29, 1.82) is 0 Å². The van der Waals surface area contributed by atoms with Gasteiger partial charge in [-0.15, -0.1) is 0 Å². The highest BCUT2D eigenvalue weighted by molar-refractivity contribution is 7.00. The molecule has 374 valence electrons. The Morgan fingerprint density at radius 1 is 0.370 bits per heavy atom. The average Bonchev–Trinajstić information content (AvgIpc) is 3.67. The van der Waals surface area contributed by atoms with Crippen molar-refractivity contribution in [2.75, 3.05) is 9.80 Å². The minimum absolute atomic E-state index is 0.0347. The summed E-state index contributed by atoms with van der Waals surface area (Å²) in [5.41, 5.74) is 24.3. The van der Waals surface area contributed by atoms with E-state index < -0.39 is 0 Å². The van der Waals surface area contributed by atoms with Gasteiger partial charge in [-0.2, -0.15) is 0 Å². The molecule has 0 aliphatic carbocycles. The third-order valence-corrected chi connectivity index (χ3v) is 15.7. The molecule has 2 aliphatic heterocycles. The van der Waals surface area contributed by atoms with Crippen LogP contribution in [0.1, 0.15) is 164 Å². The van der Waals surface area contributed by atoms with Crippen LogP contribution >= 0.6 is 0 Å². The largest absolute Gasteiger partial charge is 0.311 e. The van der Waals surface area contributed by atoms with Crippen LogP contribution in [-0.2, 0) is 32.5 Å². The molecule has 0 amide bonds. The Labute approximate surface area is 439 Å². The van der Waals surface area contributed by atoms with Crippen LogP contribution in [0.2, 0.25) is 0 Å². The monoisotopic (exact) mass is 963 g/mol. The highest BCUT2D eigenvalue weighted by Gasteiger charge is 2.45. The number of hydrogen-bond acceptors (Lipinski definition) is 3. The maximum absolute atomic E-state index is 5.68. The quantitative estimate of drug-likeness (QED) is 0.164. The molecule has 0 spiro atoms. The Bertz CT molecular complexity index is 3390. The number of para-hydroxylation sites is 1. The zero-order chi connectivity index (χ0) is 52.7.